The third kappa shape index (κ3) is 4.50. The van der Waals surface area contributed by atoms with Crippen LogP contribution in [0.2, 0.25) is 0 Å². The first-order valence-corrected chi connectivity index (χ1v) is 9.28. The van der Waals surface area contributed by atoms with Gasteiger partial charge in [-0.1, -0.05) is 0 Å². The van der Waals surface area contributed by atoms with Gasteiger partial charge in [0.25, 0.3) is 5.91 Å². The van der Waals surface area contributed by atoms with Crippen LogP contribution in [0.3, 0.4) is 0 Å². The summed E-state index contributed by atoms with van der Waals surface area (Å²) in [4.78, 5) is 25.2. The van der Waals surface area contributed by atoms with Gasteiger partial charge in [0.05, 0.1) is 0 Å². The molecule has 1 aromatic heterocycles. The zero-order chi connectivity index (χ0) is 19.1. The molecule has 1 amide bonds. The monoisotopic (exact) mass is 355 g/mol. The van der Waals surface area contributed by atoms with Crippen LogP contribution in [0.4, 0.5) is 17.3 Å². The maximum atomic E-state index is 12.5. The maximum absolute atomic E-state index is 12.5. The fourth-order valence-electron chi connectivity index (χ4n) is 2.90. The fourth-order valence-corrected chi connectivity index (χ4v) is 2.90. The topological polar surface area (TPSA) is 61.4 Å². The molecule has 0 unspecified atom stereocenters. The van der Waals surface area contributed by atoms with Crippen molar-refractivity contribution in [3.63, 3.8) is 0 Å². The standard InChI is InChI=1S/C20H29N5O/c1-6-24(7-2)16-10-11-17(15(5)14-16)22-20-21-13-12-18(23-20)19(26)25(8-3)9-4/h10-14H,6-9H2,1-5H3,(H,21,22,23). The van der Waals surface area contributed by atoms with E-state index in [0.717, 1.165) is 24.3 Å². The number of rotatable bonds is 8. The Bertz CT molecular complexity index is 739. The Hall–Kier alpha value is -2.63. The molecule has 6 nitrogen and oxygen atoms in total. The van der Waals surface area contributed by atoms with Gasteiger partial charge in [-0.25, -0.2) is 9.97 Å². The van der Waals surface area contributed by atoms with Gasteiger partial charge in [0, 0.05) is 43.8 Å². The van der Waals surface area contributed by atoms with E-state index in [2.05, 4.69) is 53.1 Å². The summed E-state index contributed by atoms with van der Waals surface area (Å²) in [7, 11) is 0. The van der Waals surface area contributed by atoms with Gasteiger partial charge in [-0.2, -0.15) is 0 Å². The lowest BCUT2D eigenvalue weighted by Gasteiger charge is -2.22. The number of aromatic nitrogens is 2. The van der Waals surface area contributed by atoms with Crippen LogP contribution in [-0.2, 0) is 0 Å². The number of nitrogens with zero attached hydrogens (tertiary/aromatic N) is 4. The maximum Gasteiger partial charge on any atom is 0.272 e. The molecular weight excluding hydrogens is 326 g/mol. The van der Waals surface area contributed by atoms with Crippen LogP contribution in [0.25, 0.3) is 0 Å². The number of anilines is 3. The number of nitrogens with one attached hydrogen (secondary N) is 1. The smallest absolute Gasteiger partial charge is 0.272 e. The normalized spacial score (nSPS) is 10.5. The lowest BCUT2D eigenvalue weighted by Crippen LogP contribution is -2.31. The molecular formula is C20H29N5O. The second kappa shape index (κ2) is 9.17. The molecule has 2 rings (SSSR count). The molecule has 2 aromatic rings. The molecule has 0 bridgehead atoms. The van der Waals surface area contributed by atoms with Gasteiger partial charge < -0.3 is 15.1 Å². The van der Waals surface area contributed by atoms with E-state index in [9.17, 15) is 4.79 Å². The molecule has 0 spiro atoms. The van der Waals surface area contributed by atoms with Crippen molar-refractivity contribution in [3.05, 3.63) is 41.7 Å². The van der Waals surface area contributed by atoms with Crippen LogP contribution in [0.5, 0.6) is 0 Å². The molecule has 0 atom stereocenters. The van der Waals surface area contributed by atoms with Gasteiger partial charge >= 0.3 is 0 Å². The predicted molar refractivity (Wildman–Crippen MR) is 107 cm³/mol. The Balaban J connectivity index is 2.21. The van der Waals surface area contributed by atoms with Gasteiger partial charge in [-0.3, -0.25) is 4.79 Å². The van der Waals surface area contributed by atoms with Crippen molar-refractivity contribution in [2.75, 3.05) is 36.4 Å². The van der Waals surface area contributed by atoms with Crippen LogP contribution in [0, 0.1) is 6.92 Å². The first-order valence-electron chi connectivity index (χ1n) is 9.28. The first-order chi connectivity index (χ1) is 12.5. The van der Waals surface area contributed by atoms with E-state index in [1.807, 2.05) is 19.9 Å². The summed E-state index contributed by atoms with van der Waals surface area (Å²) < 4.78 is 0. The molecule has 1 heterocycles. The summed E-state index contributed by atoms with van der Waals surface area (Å²) >= 11 is 0. The highest BCUT2D eigenvalue weighted by molar-refractivity contribution is 5.92. The van der Waals surface area contributed by atoms with E-state index < -0.39 is 0 Å². The SMILES string of the molecule is CCN(CC)C(=O)c1ccnc(Nc2ccc(N(CC)CC)cc2C)n1. The summed E-state index contributed by atoms with van der Waals surface area (Å²) in [5.74, 6) is 0.357. The Morgan fingerprint density at radius 1 is 1.04 bits per heavy atom. The Morgan fingerprint density at radius 3 is 2.31 bits per heavy atom. The Kier molecular flexibility index (Phi) is 6.95. The minimum absolute atomic E-state index is 0.0750. The summed E-state index contributed by atoms with van der Waals surface area (Å²) in [5, 5.41) is 3.23. The van der Waals surface area contributed by atoms with E-state index in [0.29, 0.717) is 24.7 Å². The van der Waals surface area contributed by atoms with E-state index in [1.165, 1.54) is 5.69 Å². The van der Waals surface area contributed by atoms with Crippen LogP contribution >= 0.6 is 0 Å². The lowest BCUT2D eigenvalue weighted by atomic mass is 10.1. The van der Waals surface area contributed by atoms with Crippen LogP contribution in [0.1, 0.15) is 43.7 Å². The van der Waals surface area contributed by atoms with Gasteiger partial charge in [-0.15, -0.1) is 0 Å². The average molecular weight is 355 g/mol. The number of aryl methyl sites for hydroxylation is 1. The molecule has 0 aliphatic rings. The highest BCUT2D eigenvalue weighted by atomic mass is 16.2. The number of amides is 1. The molecule has 1 aromatic carbocycles. The van der Waals surface area contributed by atoms with Crippen molar-refractivity contribution in [1.29, 1.82) is 0 Å². The number of hydrogen-bond acceptors (Lipinski definition) is 5. The van der Waals surface area contributed by atoms with Crippen molar-refractivity contribution in [2.24, 2.45) is 0 Å². The molecule has 0 saturated carbocycles. The number of hydrogen-bond donors (Lipinski definition) is 1. The molecule has 6 heteroatoms. The largest absolute Gasteiger partial charge is 0.372 e. The zero-order valence-electron chi connectivity index (χ0n) is 16.4. The lowest BCUT2D eigenvalue weighted by molar-refractivity contribution is 0.0767. The van der Waals surface area contributed by atoms with E-state index in [-0.39, 0.29) is 5.91 Å². The summed E-state index contributed by atoms with van der Waals surface area (Å²) in [6.45, 7) is 13.5. The third-order valence-electron chi connectivity index (χ3n) is 4.51. The second-order valence-corrected chi connectivity index (χ2v) is 6.04. The van der Waals surface area contributed by atoms with Gasteiger partial charge in [0.2, 0.25) is 5.95 Å². The predicted octanol–water partition coefficient (Wildman–Crippen LogP) is 3.86. The van der Waals surface area contributed by atoms with Crippen LogP contribution in [0.15, 0.2) is 30.5 Å². The summed E-state index contributed by atoms with van der Waals surface area (Å²) in [6.07, 6.45) is 1.62. The number of carbonyl (C=O) groups excluding carboxylic acids is 1. The zero-order valence-corrected chi connectivity index (χ0v) is 16.4. The Morgan fingerprint density at radius 2 is 1.73 bits per heavy atom. The average Bonchev–Trinajstić information content (AvgIpc) is 2.66. The van der Waals surface area contributed by atoms with Crippen molar-refractivity contribution < 1.29 is 4.79 Å². The summed E-state index contributed by atoms with van der Waals surface area (Å²) in [5.41, 5.74) is 3.65. The highest BCUT2D eigenvalue weighted by Gasteiger charge is 2.15. The van der Waals surface area contributed by atoms with E-state index in [1.54, 1.807) is 17.2 Å². The minimum Gasteiger partial charge on any atom is -0.372 e. The molecule has 0 saturated heterocycles. The van der Waals surface area contributed by atoms with Crippen LogP contribution < -0.4 is 10.2 Å². The minimum atomic E-state index is -0.0750. The van der Waals surface area contributed by atoms with Crippen molar-refractivity contribution in [3.8, 4) is 0 Å². The van der Waals surface area contributed by atoms with Gasteiger partial charge in [0.15, 0.2) is 0 Å². The second-order valence-electron chi connectivity index (χ2n) is 6.04. The van der Waals surface area contributed by atoms with Gasteiger partial charge in [0.1, 0.15) is 5.69 Å². The van der Waals surface area contributed by atoms with Crippen molar-refractivity contribution >= 4 is 23.2 Å². The van der Waals surface area contributed by atoms with Crippen LogP contribution in [-0.4, -0.2) is 47.0 Å². The molecule has 26 heavy (non-hydrogen) atoms. The summed E-state index contributed by atoms with van der Waals surface area (Å²) in [6, 6.07) is 7.93. The number of benzene rings is 1. The number of carbonyl (C=O) groups is 1. The van der Waals surface area contributed by atoms with Gasteiger partial charge in [-0.05, 0) is 64.4 Å². The molecule has 140 valence electrons. The molecule has 1 N–H and O–H groups in total. The molecule has 0 aliphatic heterocycles. The molecule has 0 aliphatic carbocycles. The first kappa shape index (κ1) is 19.7. The van der Waals surface area contributed by atoms with Crippen molar-refractivity contribution in [2.45, 2.75) is 34.6 Å². The van der Waals surface area contributed by atoms with E-state index in [4.69, 9.17) is 0 Å². The van der Waals surface area contributed by atoms with Crippen molar-refractivity contribution in [1.82, 2.24) is 14.9 Å². The quantitative estimate of drug-likeness (QED) is 0.779. The fraction of sp³-hybridized carbons (Fsp3) is 0.450. The molecule has 0 fully saturated rings. The Labute approximate surface area is 156 Å². The van der Waals surface area contributed by atoms with E-state index >= 15 is 0 Å². The highest BCUT2D eigenvalue weighted by Crippen LogP contribution is 2.24. The molecule has 0 radical (unpaired) electrons. The third-order valence-corrected chi connectivity index (χ3v) is 4.51.